The molecule has 0 aromatic carbocycles. The Morgan fingerprint density at radius 1 is 1.47 bits per heavy atom. The first-order chi connectivity index (χ1) is 7.13. The van der Waals surface area contributed by atoms with Crippen LogP contribution in [-0.4, -0.2) is 41.4 Å². The maximum atomic E-state index is 11.6. The highest BCUT2D eigenvalue weighted by atomic mass is 16.2. The van der Waals surface area contributed by atoms with Crippen LogP contribution in [0, 0.1) is 0 Å². The molecule has 2 rings (SSSR count). The lowest BCUT2D eigenvalue weighted by Gasteiger charge is -2.38. The number of carbonyl (C=O) groups is 1. The third-order valence-corrected chi connectivity index (χ3v) is 3.58. The van der Waals surface area contributed by atoms with Crippen molar-refractivity contribution in [3.05, 3.63) is 11.3 Å². The molecule has 1 saturated heterocycles. The normalized spacial score (nSPS) is 25.9. The van der Waals surface area contributed by atoms with Gasteiger partial charge in [-0.1, -0.05) is 12.5 Å². The van der Waals surface area contributed by atoms with E-state index in [2.05, 4.69) is 18.7 Å². The van der Waals surface area contributed by atoms with Crippen LogP contribution >= 0.6 is 0 Å². The maximum Gasteiger partial charge on any atom is 0.222 e. The Labute approximate surface area is 91.7 Å². The van der Waals surface area contributed by atoms with E-state index in [9.17, 15) is 4.79 Å². The molecule has 3 nitrogen and oxygen atoms in total. The SMILES string of the molecule is CCC(=O)N1CCN2C(=C(C)CC2C)C1. The number of nitrogens with zero attached hydrogens (tertiary/aromatic N) is 2. The largest absolute Gasteiger partial charge is 0.369 e. The summed E-state index contributed by atoms with van der Waals surface area (Å²) in [4.78, 5) is 16.1. The first kappa shape index (κ1) is 10.5. The molecule has 2 aliphatic rings. The van der Waals surface area contributed by atoms with Crippen molar-refractivity contribution in [3.63, 3.8) is 0 Å². The van der Waals surface area contributed by atoms with Crippen LogP contribution in [0.4, 0.5) is 0 Å². The van der Waals surface area contributed by atoms with Crippen molar-refractivity contribution in [2.45, 2.75) is 39.7 Å². The Bertz CT molecular complexity index is 309. The molecule has 1 unspecified atom stereocenters. The number of fused-ring (bicyclic) bond motifs is 1. The van der Waals surface area contributed by atoms with Crippen molar-refractivity contribution in [3.8, 4) is 0 Å². The van der Waals surface area contributed by atoms with Crippen LogP contribution in [-0.2, 0) is 4.79 Å². The minimum absolute atomic E-state index is 0.287. The maximum absolute atomic E-state index is 11.6. The van der Waals surface area contributed by atoms with E-state index in [1.165, 1.54) is 17.7 Å². The Kier molecular flexibility index (Phi) is 2.72. The van der Waals surface area contributed by atoms with E-state index in [1.807, 2.05) is 11.8 Å². The minimum Gasteiger partial charge on any atom is -0.369 e. The third kappa shape index (κ3) is 1.75. The van der Waals surface area contributed by atoms with Crippen molar-refractivity contribution in [1.29, 1.82) is 0 Å². The summed E-state index contributed by atoms with van der Waals surface area (Å²) in [6.07, 6.45) is 1.80. The molecule has 1 fully saturated rings. The molecule has 0 N–H and O–H groups in total. The average Bonchev–Trinajstić information content (AvgIpc) is 2.53. The number of rotatable bonds is 1. The lowest BCUT2D eigenvalue weighted by molar-refractivity contribution is -0.131. The van der Waals surface area contributed by atoms with Gasteiger partial charge >= 0.3 is 0 Å². The Morgan fingerprint density at radius 2 is 2.20 bits per heavy atom. The Hall–Kier alpha value is -0.990. The number of hydrogen-bond acceptors (Lipinski definition) is 2. The molecule has 1 atom stereocenters. The molecule has 2 heterocycles. The van der Waals surface area contributed by atoms with Gasteiger partial charge in [-0.2, -0.15) is 0 Å². The Morgan fingerprint density at radius 3 is 2.87 bits per heavy atom. The lowest BCUT2D eigenvalue weighted by atomic mass is 10.1. The zero-order valence-corrected chi connectivity index (χ0v) is 9.92. The van der Waals surface area contributed by atoms with Gasteiger partial charge < -0.3 is 9.80 Å². The predicted molar refractivity (Wildman–Crippen MR) is 60.4 cm³/mol. The van der Waals surface area contributed by atoms with Crippen LogP contribution in [0.25, 0.3) is 0 Å². The minimum atomic E-state index is 0.287. The first-order valence-electron chi connectivity index (χ1n) is 5.86. The number of piperazine rings is 1. The van der Waals surface area contributed by atoms with Gasteiger partial charge in [0.1, 0.15) is 0 Å². The average molecular weight is 208 g/mol. The van der Waals surface area contributed by atoms with E-state index in [0.29, 0.717) is 12.5 Å². The summed E-state index contributed by atoms with van der Waals surface area (Å²) in [6.45, 7) is 9.16. The van der Waals surface area contributed by atoms with Gasteiger partial charge in [0.2, 0.25) is 5.91 Å². The second kappa shape index (κ2) is 3.87. The van der Waals surface area contributed by atoms with Gasteiger partial charge in [-0.3, -0.25) is 4.79 Å². The van der Waals surface area contributed by atoms with Crippen molar-refractivity contribution in [2.24, 2.45) is 0 Å². The summed E-state index contributed by atoms with van der Waals surface area (Å²) in [5.74, 6) is 0.287. The van der Waals surface area contributed by atoms with Crippen LogP contribution in [0.15, 0.2) is 11.3 Å². The van der Waals surface area contributed by atoms with Gasteiger partial charge in [-0.15, -0.1) is 0 Å². The molecule has 1 amide bonds. The van der Waals surface area contributed by atoms with Crippen molar-refractivity contribution >= 4 is 5.91 Å². The van der Waals surface area contributed by atoms with Gasteiger partial charge in [0, 0.05) is 31.2 Å². The van der Waals surface area contributed by atoms with E-state index in [-0.39, 0.29) is 5.91 Å². The predicted octanol–water partition coefficient (Wildman–Crippen LogP) is 1.61. The summed E-state index contributed by atoms with van der Waals surface area (Å²) in [7, 11) is 0. The first-order valence-corrected chi connectivity index (χ1v) is 5.86. The van der Waals surface area contributed by atoms with E-state index < -0.39 is 0 Å². The summed E-state index contributed by atoms with van der Waals surface area (Å²) in [6, 6.07) is 0.638. The van der Waals surface area contributed by atoms with Crippen LogP contribution in [0.2, 0.25) is 0 Å². The molecular formula is C12H20N2O. The van der Waals surface area contributed by atoms with E-state index in [1.54, 1.807) is 0 Å². The van der Waals surface area contributed by atoms with Gasteiger partial charge in [0.15, 0.2) is 0 Å². The Balaban J connectivity index is 2.11. The van der Waals surface area contributed by atoms with Crippen LogP contribution in [0.1, 0.15) is 33.6 Å². The monoisotopic (exact) mass is 208 g/mol. The van der Waals surface area contributed by atoms with E-state index in [0.717, 1.165) is 19.6 Å². The van der Waals surface area contributed by atoms with Crippen molar-refractivity contribution < 1.29 is 4.79 Å². The second-order valence-electron chi connectivity index (χ2n) is 4.64. The zero-order chi connectivity index (χ0) is 11.0. The molecule has 0 spiro atoms. The van der Waals surface area contributed by atoms with Crippen molar-refractivity contribution in [2.75, 3.05) is 19.6 Å². The molecule has 3 heteroatoms. The van der Waals surface area contributed by atoms with Gasteiger partial charge in [-0.25, -0.2) is 0 Å². The zero-order valence-electron chi connectivity index (χ0n) is 9.92. The highest BCUT2D eigenvalue weighted by molar-refractivity contribution is 5.76. The van der Waals surface area contributed by atoms with Gasteiger partial charge in [0.25, 0.3) is 0 Å². The molecular weight excluding hydrogens is 188 g/mol. The van der Waals surface area contributed by atoms with Crippen LogP contribution < -0.4 is 0 Å². The van der Waals surface area contributed by atoms with Crippen molar-refractivity contribution in [1.82, 2.24) is 9.80 Å². The fourth-order valence-corrected chi connectivity index (χ4v) is 2.69. The number of carbonyl (C=O) groups excluding carboxylic acids is 1. The summed E-state index contributed by atoms with van der Waals surface area (Å²) in [5, 5.41) is 0. The van der Waals surface area contributed by atoms with Gasteiger partial charge in [0.05, 0.1) is 6.54 Å². The third-order valence-electron chi connectivity index (χ3n) is 3.58. The number of hydrogen-bond donors (Lipinski definition) is 0. The second-order valence-corrected chi connectivity index (χ2v) is 4.64. The highest BCUT2D eigenvalue weighted by Crippen LogP contribution is 2.30. The van der Waals surface area contributed by atoms with Crippen LogP contribution in [0.5, 0.6) is 0 Å². The lowest BCUT2D eigenvalue weighted by Crippen LogP contribution is -2.47. The molecule has 84 valence electrons. The van der Waals surface area contributed by atoms with E-state index in [4.69, 9.17) is 0 Å². The summed E-state index contributed by atoms with van der Waals surface area (Å²) >= 11 is 0. The van der Waals surface area contributed by atoms with Gasteiger partial charge in [-0.05, 0) is 20.3 Å². The molecule has 0 aliphatic carbocycles. The van der Waals surface area contributed by atoms with E-state index >= 15 is 0 Å². The molecule has 0 aromatic heterocycles. The smallest absolute Gasteiger partial charge is 0.222 e. The summed E-state index contributed by atoms with van der Waals surface area (Å²) < 4.78 is 0. The topological polar surface area (TPSA) is 23.6 Å². The highest BCUT2D eigenvalue weighted by Gasteiger charge is 2.32. The molecule has 2 aliphatic heterocycles. The molecule has 15 heavy (non-hydrogen) atoms. The molecule has 0 saturated carbocycles. The quantitative estimate of drug-likeness (QED) is 0.653. The molecule has 0 bridgehead atoms. The standard InChI is InChI=1S/C12H20N2O/c1-4-12(15)13-5-6-14-10(3)7-9(2)11(14)8-13/h10H,4-8H2,1-3H3. The fourth-order valence-electron chi connectivity index (χ4n) is 2.69. The van der Waals surface area contributed by atoms with Crippen LogP contribution in [0.3, 0.4) is 0 Å². The summed E-state index contributed by atoms with van der Waals surface area (Å²) in [5.41, 5.74) is 2.87. The fraction of sp³-hybridized carbons (Fsp3) is 0.750. The number of amides is 1. The molecule has 0 radical (unpaired) electrons. The molecule has 0 aromatic rings.